The molecule has 0 aliphatic carbocycles. The molecule has 1 unspecified atom stereocenters. The van der Waals surface area contributed by atoms with Crippen molar-refractivity contribution in [3.63, 3.8) is 0 Å². The Morgan fingerprint density at radius 1 is 1.09 bits per heavy atom. The predicted molar refractivity (Wildman–Crippen MR) is 158 cm³/mol. The van der Waals surface area contributed by atoms with Crippen molar-refractivity contribution in [3.05, 3.63) is 113 Å². The molecule has 4 aromatic rings. The van der Waals surface area contributed by atoms with Gasteiger partial charge in [0.05, 0.1) is 24.4 Å². The van der Waals surface area contributed by atoms with E-state index >= 15 is 0 Å². The van der Waals surface area contributed by atoms with Crippen LogP contribution in [0.5, 0.6) is 0 Å². The van der Waals surface area contributed by atoms with Crippen LogP contribution in [0.2, 0.25) is 0 Å². The summed E-state index contributed by atoms with van der Waals surface area (Å²) in [5.74, 6) is 4.86. The zero-order valence-corrected chi connectivity index (χ0v) is 24.0. The van der Waals surface area contributed by atoms with E-state index in [9.17, 15) is 23.7 Å². The highest BCUT2D eigenvalue weighted by Gasteiger charge is 2.24. The van der Waals surface area contributed by atoms with Crippen molar-refractivity contribution < 1.29 is 28.1 Å². The van der Waals surface area contributed by atoms with Crippen LogP contribution in [0.3, 0.4) is 0 Å². The second-order valence-electron chi connectivity index (χ2n) is 9.89. The van der Waals surface area contributed by atoms with Gasteiger partial charge in [-0.25, -0.2) is 0 Å². The van der Waals surface area contributed by atoms with Crippen molar-refractivity contribution in [2.75, 3.05) is 18.4 Å². The average molecular weight is 596 g/mol. The number of hydrogen-bond acceptors (Lipinski definition) is 8. The maximum Gasteiger partial charge on any atom is 0.291 e. The molecule has 2 aromatic carbocycles. The van der Waals surface area contributed by atoms with E-state index in [1.54, 1.807) is 66.4 Å². The summed E-state index contributed by atoms with van der Waals surface area (Å²) in [6, 6.07) is 16.8. The van der Waals surface area contributed by atoms with E-state index in [0.717, 1.165) is 5.56 Å². The summed E-state index contributed by atoms with van der Waals surface area (Å²) in [6.07, 6.45) is 4.23. The molecule has 1 saturated heterocycles. The maximum atomic E-state index is 13.1. The monoisotopic (exact) mass is 595 g/mol. The molecule has 3 amide bonds. The highest BCUT2D eigenvalue weighted by atomic mass is 32.2. The van der Waals surface area contributed by atoms with Gasteiger partial charge in [0.25, 0.3) is 11.8 Å². The minimum Gasteiger partial charge on any atom is -0.459 e. The number of aryl methyl sites for hydroxylation is 1. The summed E-state index contributed by atoms with van der Waals surface area (Å²) < 4.78 is 22.2. The molecule has 3 heterocycles. The Hall–Kier alpha value is -5.05. The number of furan rings is 1. The Kier molecular flexibility index (Phi) is 9.10. The molecule has 1 aliphatic rings. The molecule has 0 bridgehead atoms. The summed E-state index contributed by atoms with van der Waals surface area (Å²) in [6.45, 7) is 2.52. The number of amides is 3. The number of benzene rings is 2. The first-order valence-corrected chi connectivity index (χ1v) is 14.5. The van der Waals surface area contributed by atoms with Crippen molar-refractivity contribution in [1.82, 2.24) is 9.88 Å². The van der Waals surface area contributed by atoms with Gasteiger partial charge in [-0.15, -0.1) is 0 Å². The Bertz CT molecular complexity index is 1850. The third kappa shape index (κ3) is 7.43. The summed E-state index contributed by atoms with van der Waals surface area (Å²) in [7, 11) is -2.06. The third-order valence-corrected chi connectivity index (χ3v) is 7.82. The Labute approximate surface area is 250 Å². The number of likely N-dealkylation sites (tertiary alicyclic amines) is 1. The molecule has 0 saturated carbocycles. The van der Waals surface area contributed by atoms with Gasteiger partial charge in [0, 0.05) is 47.9 Å². The van der Waals surface area contributed by atoms with E-state index in [1.165, 1.54) is 24.7 Å². The first-order valence-electron chi connectivity index (χ1n) is 13.4. The van der Waals surface area contributed by atoms with E-state index < -0.39 is 22.6 Å². The molecule has 11 heteroatoms. The number of aromatic nitrogens is 1. The lowest BCUT2D eigenvalue weighted by Crippen LogP contribution is -2.31. The quantitative estimate of drug-likeness (QED) is 0.252. The standard InChI is InChI=1S/C32H27N4O6S/c1-21-12-14-42-30(21)32(40)34-26-7-4-5-22(16-26)9-10-23-15-25(19-33-18-23)31(39)35-43(41)28-8-3-2-6-24(28)17-29(38)36-13-11-27(37)20-36/h2-8,12,14-16,18-19,27,37H,11,13,17,20H2,1H3,(H,34,40)/q-1. The molecule has 5 rings (SSSR count). The molecule has 1 fully saturated rings. The fraction of sp³-hybridized carbons (Fsp3) is 0.188. The number of nitrogens with zero attached hydrogens (tertiary/aromatic N) is 3. The van der Waals surface area contributed by atoms with Crippen LogP contribution in [0.4, 0.5) is 5.69 Å². The highest BCUT2D eigenvalue weighted by molar-refractivity contribution is 7.75. The second kappa shape index (κ2) is 13.3. The lowest BCUT2D eigenvalue weighted by atomic mass is 10.1. The lowest BCUT2D eigenvalue weighted by Gasteiger charge is -2.18. The molecule has 1 atom stereocenters. The third-order valence-electron chi connectivity index (χ3n) is 6.71. The lowest BCUT2D eigenvalue weighted by molar-refractivity contribution is -0.129. The SMILES string of the molecule is Cc1ccoc1C(=O)Nc1cccc(C#Cc2cncc(C(=O)N=[S-](=O)c3ccccc3CC(=O)N3CCC(O)C3)c2)c1. The number of rotatable bonds is 6. The summed E-state index contributed by atoms with van der Waals surface area (Å²) in [4.78, 5) is 43.9. The van der Waals surface area contributed by atoms with Crippen LogP contribution in [0.1, 0.15) is 49.6 Å². The number of anilines is 1. The van der Waals surface area contributed by atoms with Gasteiger partial charge in [-0.05, 0) is 43.7 Å². The average Bonchev–Trinajstić information content (AvgIpc) is 3.64. The van der Waals surface area contributed by atoms with Gasteiger partial charge < -0.3 is 28.3 Å². The van der Waals surface area contributed by atoms with E-state index in [-0.39, 0.29) is 41.0 Å². The normalized spacial score (nSPS) is 15.0. The summed E-state index contributed by atoms with van der Waals surface area (Å²) in [5.41, 5.74) is 2.92. The largest absolute Gasteiger partial charge is 0.459 e. The van der Waals surface area contributed by atoms with Crippen molar-refractivity contribution in [1.29, 1.82) is 0 Å². The number of pyridine rings is 1. The molecule has 10 nitrogen and oxygen atoms in total. The molecule has 2 aromatic heterocycles. The van der Waals surface area contributed by atoms with Gasteiger partial charge in [-0.3, -0.25) is 19.4 Å². The Morgan fingerprint density at radius 2 is 1.91 bits per heavy atom. The fourth-order valence-electron chi connectivity index (χ4n) is 4.48. The number of carbonyl (C=O) groups is 3. The molecule has 43 heavy (non-hydrogen) atoms. The topological polar surface area (TPSA) is 142 Å². The molecule has 2 N–H and O–H groups in total. The van der Waals surface area contributed by atoms with Crippen molar-refractivity contribution >= 4 is 34.0 Å². The number of nitrogens with one attached hydrogen (secondary N) is 1. The summed E-state index contributed by atoms with van der Waals surface area (Å²) >= 11 is 0. The van der Waals surface area contributed by atoms with Gasteiger partial charge in [0.1, 0.15) is 0 Å². The van der Waals surface area contributed by atoms with E-state index in [2.05, 4.69) is 26.5 Å². The van der Waals surface area contributed by atoms with Crippen LogP contribution < -0.4 is 5.32 Å². The van der Waals surface area contributed by atoms with E-state index in [4.69, 9.17) is 4.42 Å². The number of aliphatic hydroxyl groups is 1. The van der Waals surface area contributed by atoms with Gasteiger partial charge >= 0.3 is 0 Å². The molecular weight excluding hydrogens is 568 g/mol. The first-order chi connectivity index (χ1) is 20.8. The van der Waals surface area contributed by atoms with Crippen LogP contribution in [-0.4, -0.2) is 51.9 Å². The number of β-amino-alcohol motifs (C(OH)–C–C–N with tert-alkyl or cyclic N) is 1. The predicted octanol–water partition coefficient (Wildman–Crippen LogP) is 4.12. The minimum atomic E-state index is -2.06. The van der Waals surface area contributed by atoms with Crippen LogP contribution in [0.25, 0.3) is 0 Å². The van der Waals surface area contributed by atoms with Crippen LogP contribution >= 0.6 is 0 Å². The van der Waals surface area contributed by atoms with Crippen molar-refractivity contribution in [3.8, 4) is 11.8 Å². The Morgan fingerprint density at radius 3 is 2.67 bits per heavy atom. The number of hydrogen-bond donors (Lipinski definition) is 2. The molecule has 0 radical (unpaired) electrons. The van der Waals surface area contributed by atoms with Gasteiger partial charge in [-0.2, -0.15) is 10.6 Å². The first kappa shape index (κ1) is 29.4. The Balaban J connectivity index is 1.29. The molecule has 0 spiro atoms. The molecular formula is C32H27N4O6S-. The van der Waals surface area contributed by atoms with Crippen LogP contribution in [0, 0.1) is 18.8 Å². The van der Waals surface area contributed by atoms with E-state index in [1.807, 2.05) is 0 Å². The zero-order valence-electron chi connectivity index (χ0n) is 23.1. The van der Waals surface area contributed by atoms with E-state index in [0.29, 0.717) is 35.3 Å². The highest BCUT2D eigenvalue weighted by Crippen LogP contribution is 2.18. The van der Waals surface area contributed by atoms with Crippen molar-refractivity contribution in [2.24, 2.45) is 4.36 Å². The molecule has 1 aliphatic heterocycles. The van der Waals surface area contributed by atoms with Crippen LogP contribution in [-0.2, 0) is 26.0 Å². The zero-order chi connectivity index (χ0) is 30.3. The smallest absolute Gasteiger partial charge is 0.291 e. The number of carbonyl (C=O) groups excluding carboxylic acids is 3. The molecule has 218 valence electrons. The van der Waals surface area contributed by atoms with Gasteiger partial charge in [0.2, 0.25) is 5.91 Å². The van der Waals surface area contributed by atoms with Crippen LogP contribution in [0.15, 0.2) is 93.0 Å². The fourth-order valence-corrected chi connectivity index (χ4v) is 5.39. The number of aliphatic hydroxyl groups excluding tert-OH is 1. The second-order valence-corrected chi connectivity index (χ2v) is 11.0. The minimum absolute atomic E-state index is 0.0155. The van der Waals surface area contributed by atoms with Crippen molar-refractivity contribution in [2.45, 2.75) is 30.8 Å². The maximum absolute atomic E-state index is 13.1. The van der Waals surface area contributed by atoms with Gasteiger partial charge in [0.15, 0.2) is 5.76 Å². The summed E-state index contributed by atoms with van der Waals surface area (Å²) in [5, 5.41) is 12.5. The van der Waals surface area contributed by atoms with Gasteiger partial charge in [-0.1, -0.05) is 52.6 Å².